The zero-order valence-electron chi connectivity index (χ0n) is 15.1. The van der Waals surface area contributed by atoms with Crippen molar-refractivity contribution in [3.8, 4) is 5.75 Å². The molecule has 0 aliphatic carbocycles. The van der Waals surface area contributed by atoms with Gasteiger partial charge in [0.1, 0.15) is 11.4 Å². The summed E-state index contributed by atoms with van der Waals surface area (Å²) in [4.78, 5) is 0. The Morgan fingerprint density at radius 3 is 2.58 bits per heavy atom. The Morgan fingerprint density at radius 2 is 1.81 bits per heavy atom. The highest BCUT2D eigenvalue weighted by atomic mass is 32.2. The summed E-state index contributed by atoms with van der Waals surface area (Å²) in [5, 5.41) is 0. The van der Waals surface area contributed by atoms with Gasteiger partial charge in [-0.25, -0.2) is 12.7 Å². The fourth-order valence-corrected chi connectivity index (χ4v) is 5.61. The van der Waals surface area contributed by atoms with Crippen molar-refractivity contribution in [2.75, 3.05) is 13.1 Å². The number of sulfonamides is 1. The van der Waals surface area contributed by atoms with Crippen molar-refractivity contribution in [1.29, 1.82) is 0 Å². The number of ether oxygens (including phenoxy) is 1. The van der Waals surface area contributed by atoms with Crippen LogP contribution in [-0.4, -0.2) is 31.4 Å². The van der Waals surface area contributed by atoms with Crippen molar-refractivity contribution >= 4 is 10.0 Å². The molecule has 1 fully saturated rings. The lowest BCUT2D eigenvalue weighted by atomic mass is 9.84. The Morgan fingerprint density at radius 1 is 1.04 bits per heavy atom. The molecular formula is C21H25NO3S. The predicted octanol–water partition coefficient (Wildman–Crippen LogP) is 3.68. The first-order valence-electron chi connectivity index (χ1n) is 9.26. The van der Waals surface area contributed by atoms with E-state index in [9.17, 15) is 8.42 Å². The molecule has 2 aliphatic heterocycles. The highest BCUT2D eigenvalue weighted by Gasteiger charge is 2.41. The van der Waals surface area contributed by atoms with Crippen molar-refractivity contribution in [2.24, 2.45) is 0 Å². The van der Waals surface area contributed by atoms with Gasteiger partial charge in [0.25, 0.3) is 0 Å². The molecule has 2 aromatic rings. The van der Waals surface area contributed by atoms with Crippen LogP contribution in [0.5, 0.6) is 5.75 Å². The van der Waals surface area contributed by atoms with Gasteiger partial charge in [0.05, 0.1) is 5.75 Å². The van der Waals surface area contributed by atoms with Gasteiger partial charge in [-0.2, -0.15) is 0 Å². The first-order chi connectivity index (χ1) is 12.5. The van der Waals surface area contributed by atoms with Gasteiger partial charge in [0.15, 0.2) is 0 Å². The van der Waals surface area contributed by atoms with Crippen LogP contribution in [0.25, 0.3) is 0 Å². The Hall–Kier alpha value is -1.85. The number of aryl methyl sites for hydroxylation is 2. The molecule has 2 heterocycles. The largest absolute Gasteiger partial charge is 0.487 e. The maximum atomic E-state index is 12.8. The van der Waals surface area contributed by atoms with E-state index in [-0.39, 0.29) is 11.4 Å². The van der Waals surface area contributed by atoms with Crippen LogP contribution in [0.2, 0.25) is 0 Å². The van der Waals surface area contributed by atoms with Gasteiger partial charge in [0, 0.05) is 25.9 Å². The van der Waals surface area contributed by atoms with Gasteiger partial charge in [-0.3, -0.25) is 0 Å². The summed E-state index contributed by atoms with van der Waals surface area (Å²) in [5.41, 5.74) is 2.99. The minimum absolute atomic E-state index is 0.0748. The highest BCUT2D eigenvalue weighted by molar-refractivity contribution is 7.88. The van der Waals surface area contributed by atoms with E-state index in [1.165, 1.54) is 5.56 Å². The number of hydrogen-bond donors (Lipinski definition) is 0. The molecule has 0 aromatic heterocycles. The normalized spacial score (nSPS) is 19.7. The lowest BCUT2D eigenvalue weighted by molar-refractivity contribution is 0.00179. The van der Waals surface area contributed by atoms with Crippen molar-refractivity contribution in [3.05, 3.63) is 65.2 Å². The zero-order chi connectivity index (χ0) is 18.2. The molecule has 0 saturated carbocycles. The molecule has 0 radical (unpaired) electrons. The Bertz CT molecular complexity index is 899. The number of piperidine rings is 1. The third kappa shape index (κ3) is 3.51. The van der Waals surface area contributed by atoms with Gasteiger partial charge in [0.2, 0.25) is 10.0 Å². The molecule has 0 N–H and O–H groups in total. The van der Waals surface area contributed by atoms with E-state index in [2.05, 4.69) is 6.07 Å². The maximum Gasteiger partial charge on any atom is 0.218 e. The molecule has 1 spiro atoms. The van der Waals surface area contributed by atoms with Crippen molar-refractivity contribution < 1.29 is 13.2 Å². The monoisotopic (exact) mass is 371 g/mol. The SMILES string of the molecule is Cc1cccc(CS(=O)(=O)N2CCC3(CCc4ccccc4O3)CC2)c1. The average molecular weight is 372 g/mol. The quantitative estimate of drug-likeness (QED) is 0.827. The second-order valence-corrected chi connectivity index (χ2v) is 9.51. The Labute approximate surface area is 155 Å². The van der Waals surface area contributed by atoms with Crippen LogP contribution in [-0.2, 0) is 22.2 Å². The average Bonchev–Trinajstić information content (AvgIpc) is 2.62. The van der Waals surface area contributed by atoms with E-state index in [0.717, 1.165) is 42.6 Å². The van der Waals surface area contributed by atoms with Crippen LogP contribution >= 0.6 is 0 Å². The van der Waals surface area contributed by atoms with Crippen molar-refractivity contribution in [2.45, 2.75) is 44.0 Å². The molecule has 0 bridgehead atoms. The Kier molecular flexibility index (Phi) is 4.53. The molecule has 0 unspecified atom stereocenters. The predicted molar refractivity (Wildman–Crippen MR) is 103 cm³/mol. The van der Waals surface area contributed by atoms with Gasteiger partial charge in [-0.05, 0) is 37.0 Å². The molecule has 2 aromatic carbocycles. The number of nitrogens with zero attached hydrogens (tertiary/aromatic N) is 1. The fourth-order valence-electron chi connectivity index (χ4n) is 4.08. The van der Waals surface area contributed by atoms with Crippen LogP contribution in [0, 0.1) is 6.92 Å². The van der Waals surface area contributed by atoms with E-state index in [0.29, 0.717) is 13.1 Å². The van der Waals surface area contributed by atoms with Crippen LogP contribution in [0.4, 0.5) is 0 Å². The van der Waals surface area contributed by atoms with E-state index >= 15 is 0 Å². The standard InChI is InChI=1S/C21H25NO3S/c1-17-5-4-6-18(15-17)16-26(23,24)22-13-11-21(12-14-22)10-9-19-7-2-3-8-20(19)25-21/h2-8,15H,9-14,16H2,1H3. The smallest absolute Gasteiger partial charge is 0.218 e. The molecule has 0 amide bonds. The summed E-state index contributed by atoms with van der Waals surface area (Å²) < 4.78 is 33.6. The van der Waals surface area contributed by atoms with E-state index in [1.807, 2.05) is 49.4 Å². The lowest BCUT2D eigenvalue weighted by Crippen LogP contribution is -2.51. The molecule has 0 atom stereocenters. The number of hydrogen-bond acceptors (Lipinski definition) is 3. The summed E-state index contributed by atoms with van der Waals surface area (Å²) in [6.07, 6.45) is 3.49. The maximum absolute atomic E-state index is 12.8. The van der Waals surface area contributed by atoms with Gasteiger partial charge in [-0.15, -0.1) is 0 Å². The molecule has 2 aliphatic rings. The number of benzene rings is 2. The summed E-state index contributed by atoms with van der Waals surface area (Å²) in [6, 6.07) is 15.9. The second-order valence-electron chi connectivity index (χ2n) is 7.54. The third-order valence-corrected chi connectivity index (χ3v) is 7.46. The molecule has 4 nitrogen and oxygen atoms in total. The summed E-state index contributed by atoms with van der Waals surface area (Å²) in [5.74, 6) is 1.04. The first kappa shape index (κ1) is 17.6. The fraction of sp³-hybridized carbons (Fsp3) is 0.429. The Balaban J connectivity index is 1.43. The number of para-hydroxylation sites is 1. The van der Waals surface area contributed by atoms with Crippen LogP contribution < -0.4 is 4.74 Å². The minimum Gasteiger partial charge on any atom is -0.487 e. The summed E-state index contributed by atoms with van der Waals surface area (Å²) in [6.45, 7) is 3.06. The summed E-state index contributed by atoms with van der Waals surface area (Å²) in [7, 11) is -3.29. The van der Waals surface area contributed by atoms with Crippen LogP contribution in [0.15, 0.2) is 48.5 Å². The van der Waals surface area contributed by atoms with E-state index in [4.69, 9.17) is 4.74 Å². The summed E-state index contributed by atoms with van der Waals surface area (Å²) >= 11 is 0. The molecule has 5 heteroatoms. The second kappa shape index (κ2) is 6.71. The first-order valence-corrected chi connectivity index (χ1v) is 10.9. The lowest BCUT2D eigenvalue weighted by Gasteiger charge is -2.44. The molecule has 1 saturated heterocycles. The molecule has 138 valence electrons. The minimum atomic E-state index is -3.29. The van der Waals surface area contributed by atoms with Gasteiger partial charge >= 0.3 is 0 Å². The van der Waals surface area contributed by atoms with Crippen molar-refractivity contribution in [1.82, 2.24) is 4.31 Å². The van der Waals surface area contributed by atoms with Gasteiger partial charge < -0.3 is 4.74 Å². The van der Waals surface area contributed by atoms with E-state index in [1.54, 1.807) is 4.31 Å². The highest BCUT2D eigenvalue weighted by Crippen LogP contribution is 2.39. The molecule has 26 heavy (non-hydrogen) atoms. The van der Waals surface area contributed by atoms with E-state index < -0.39 is 10.0 Å². The topological polar surface area (TPSA) is 46.6 Å². The molecule has 4 rings (SSSR count). The zero-order valence-corrected chi connectivity index (χ0v) is 16.0. The van der Waals surface area contributed by atoms with Crippen molar-refractivity contribution in [3.63, 3.8) is 0 Å². The van der Waals surface area contributed by atoms with Crippen LogP contribution in [0.3, 0.4) is 0 Å². The number of rotatable bonds is 3. The van der Waals surface area contributed by atoms with Gasteiger partial charge in [-0.1, -0.05) is 48.0 Å². The molecular weight excluding hydrogens is 346 g/mol. The third-order valence-electron chi connectivity index (χ3n) is 5.61. The van der Waals surface area contributed by atoms with Crippen LogP contribution in [0.1, 0.15) is 36.0 Å². The number of fused-ring (bicyclic) bond motifs is 1.